The number of pyridine rings is 1. The van der Waals surface area contributed by atoms with Crippen LogP contribution in [0.1, 0.15) is 23.2 Å². The fraction of sp³-hybridized carbons (Fsp3) is 0.333. The van der Waals surface area contributed by atoms with Crippen molar-refractivity contribution in [3.8, 4) is 6.07 Å². The van der Waals surface area contributed by atoms with Crippen LogP contribution in [-0.4, -0.2) is 4.98 Å². The monoisotopic (exact) mass is 342 g/mol. The van der Waals surface area contributed by atoms with E-state index >= 15 is 0 Å². The van der Waals surface area contributed by atoms with Crippen molar-refractivity contribution in [2.24, 2.45) is 0 Å². The Balaban J connectivity index is 3.25. The van der Waals surface area contributed by atoms with Crippen molar-refractivity contribution in [2.45, 2.75) is 18.7 Å². The molecule has 1 heterocycles. The predicted octanol–water partition coefficient (Wildman–Crippen LogP) is 3.43. The second-order valence-corrected chi connectivity index (χ2v) is 4.03. The van der Waals surface area contributed by atoms with Gasteiger partial charge in [0, 0.05) is 5.56 Å². The summed E-state index contributed by atoms with van der Waals surface area (Å²) >= 11 is 7.42. The molecule has 0 aliphatic carbocycles. The maximum absolute atomic E-state index is 12.6. The van der Waals surface area contributed by atoms with Gasteiger partial charge in [-0.2, -0.15) is 5.26 Å². The maximum atomic E-state index is 12.6. The van der Waals surface area contributed by atoms with Crippen molar-refractivity contribution in [1.29, 1.82) is 5.26 Å². The Morgan fingerprint density at radius 1 is 1.60 bits per heavy atom. The van der Waals surface area contributed by atoms with Gasteiger partial charge in [-0.05, 0) is 34.2 Å². The number of nitriles is 1. The van der Waals surface area contributed by atoms with Crippen LogP contribution in [0.5, 0.6) is 0 Å². The minimum atomic E-state index is -2.61. The molecule has 1 aromatic rings. The van der Waals surface area contributed by atoms with Crippen LogP contribution in [0.3, 0.4) is 0 Å². The van der Waals surface area contributed by atoms with E-state index in [0.717, 1.165) is 0 Å². The van der Waals surface area contributed by atoms with Crippen LogP contribution in [0.15, 0.2) is 6.07 Å². The Morgan fingerprint density at radius 2 is 2.27 bits per heavy atom. The third-order valence-electron chi connectivity index (χ3n) is 1.79. The molecule has 0 radical (unpaired) electrons. The molecule has 0 fully saturated rings. The zero-order valence-corrected chi connectivity index (χ0v) is 10.4. The average molecular weight is 343 g/mol. The van der Waals surface area contributed by atoms with Gasteiger partial charge in [-0.1, -0.05) is 0 Å². The molecule has 0 unspecified atom stereocenters. The van der Waals surface area contributed by atoms with Crippen molar-refractivity contribution < 1.29 is 8.78 Å². The molecule has 0 atom stereocenters. The molecule has 0 N–H and O–H groups in total. The normalized spacial score (nSPS) is 10.4. The SMILES string of the molecule is N#CCc1cc(C(F)F)c(CCl)nc1I. The van der Waals surface area contributed by atoms with Gasteiger partial charge in [0.2, 0.25) is 0 Å². The third-order valence-corrected chi connectivity index (χ3v) is 2.98. The topological polar surface area (TPSA) is 36.7 Å². The van der Waals surface area contributed by atoms with Crippen molar-refractivity contribution in [3.05, 3.63) is 26.6 Å². The fourth-order valence-electron chi connectivity index (χ4n) is 1.09. The van der Waals surface area contributed by atoms with E-state index in [9.17, 15) is 8.78 Å². The highest BCUT2D eigenvalue weighted by Gasteiger charge is 2.16. The van der Waals surface area contributed by atoms with Crippen molar-refractivity contribution in [2.75, 3.05) is 0 Å². The highest BCUT2D eigenvalue weighted by molar-refractivity contribution is 14.1. The Bertz CT molecular complexity index is 404. The summed E-state index contributed by atoms with van der Waals surface area (Å²) < 4.78 is 25.7. The summed E-state index contributed by atoms with van der Waals surface area (Å²) in [6, 6.07) is 3.21. The van der Waals surface area contributed by atoms with E-state index in [1.807, 2.05) is 28.7 Å². The van der Waals surface area contributed by atoms with E-state index in [1.54, 1.807) is 0 Å². The van der Waals surface area contributed by atoms with Crippen LogP contribution in [0.25, 0.3) is 0 Å². The summed E-state index contributed by atoms with van der Waals surface area (Å²) in [5.74, 6) is -0.0531. The first-order chi connectivity index (χ1) is 7.10. The molecular weight excluding hydrogens is 336 g/mol. The minimum Gasteiger partial charge on any atom is -0.245 e. The molecule has 1 aromatic heterocycles. The van der Waals surface area contributed by atoms with Gasteiger partial charge in [-0.15, -0.1) is 11.6 Å². The third kappa shape index (κ3) is 2.98. The first-order valence-electron chi connectivity index (χ1n) is 3.99. The number of hydrogen-bond acceptors (Lipinski definition) is 2. The van der Waals surface area contributed by atoms with Gasteiger partial charge in [0.1, 0.15) is 3.70 Å². The number of rotatable bonds is 3. The first kappa shape index (κ1) is 12.6. The van der Waals surface area contributed by atoms with Gasteiger partial charge >= 0.3 is 0 Å². The second kappa shape index (κ2) is 5.56. The quantitative estimate of drug-likeness (QED) is 0.479. The standard InChI is InChI=1S/C9H6ClF2IN2/c10-4-7-6(8(11)12)3-5(1-2-14)9(13)15-7/h3,8H,1,4H2. The fourth-order valence-corrected chi connectivity index (χ4v) is 1.94. The number of hydrogen-bond donors (Lipinski definition) is 0. The zero-order valence-electron chi connectivity index (χ0n) is 7.48. The van der Waals surface area contributed by atoms with E-state index in [1.165, 1.54) is 6.07 Å². The van der Waals surface area contributed by atoms with Gasteiger partial charge in [-0.3, -0.25) is 0 Å². The summed E-state index contributed by atoms with van der Waals surface area (Å²) in [5.41, 5.74) is 0.510. The predicted molar refractivity (Wildman–Crippen MR) is 60.8 cm³/mol. The number of halogens is 4. The molecule has 2 nitrogen and oxygen atoms in total. The molecule has 15 heavy (non-hydrogen) atoms. The molecular formula is C9H6ClF2IN2. The number of alkyl halides is 3. The molecule has 0 saturated carbocycles. The Kier molecular flexibility index (Phi) is 4.67. The van der Waals surface area contributed by atoms with Gasteiger partial charge in [0.25, 0.3) is 6.43 Å². The van der Waals surface area contributed by atoms with Crippen LogP contribution in [0.2, 0.25) is 0 Å². The van der Waals surface area contributed by atoms with Crippen molar-refractivity contribution >= 4 is 34.2 Å². The minimum absolute atomic E-state index is 0.0531. The van der Waals surface area contributed by atoms with E-state index < -0.39 is 6.43 Å². The maximum Gasteiger partial charge on any atom is 0.265 e. The van der Waals surface area contributed by atoms with Crippen LogP contribution in [-0.2, 0) is 12.3 Å². The summed E-state index contributed by atoms with van der Waals surface area (Å²) in [6.45, 7) is 0. The molecule has 0 aliphatic heterocycles. The Hall–Kier alpha value is -0.480. The molecule has 6 heteroatoms. The van der Waals surface area contributed by atoms with E-state index in [-0.39, 0.29) is 23.6 Å². The summed E-state index contributed by atoms with van der Waals surface area (Å²) in [6.07, 6.45) is -2.53. The molecule has 0 aliphatic rings. The number of nitrogens with zero attached hydrogens (tertiary/aromatic N) is 2. The van der Waals surface area contributed by atoms with Crippen LogP contribution >= 0.6 is 34.2 Å². The molecule has 0 spiro atoms. The van der Waals surface area contributed by atoms with Crippen LogP contribution in [0.4, 0.5) is 8.78 Å². The van der Waals surface area contributed by atoms with Crippen LogP contribution < -0.4 is 0 Å². The van der Waals surface area contributed by atoms with E-state index in [0.29, 0.717) is 9.26 Å². The van der Waals surface area contributed by atoms with Gasteiger partial charge < -0.3 is 0 Å². The molecule has 0 amide bonds. The summed E-state index contributed by atoms with van der Waals surface area (Å²) in [4.78, 5) is 3.96. The highest BCUT2D eigenvalue weighted by Crippen LogP contribution is 2.26. The molecule has 0 bridgehead atoms. The smallest absolute Gasteiger partial charge is 0.245 e. The molecule has 1 rings (SSSR count). The Labute approximate surface area is 104 Å². The van der Waals surface area contributed by atoms with Gasteiger partial charge in [0.15, 0.2) is 0 Å². The zero-order chi connectivity index (χ0) is 11.4. The highest BCUT2D eigenvalue weighted by atomic mass is 127. The van der Waals surface area contributed by atoms with E-state index in [4.69, 9.17) is 16.9 Å². The molecule has 0 aromatic carbocycles. The number of aromatic nitrogens is 1. The average Bonchev–Trinajstić information content (AvgIpc) is 2.20. The van der Waals surface area contributed by atoms with Gasteiger partial charge in [-0.25, -0.2) is 13.8 Å². The van der Waals surface area contributed by atoms with Crippen molar-refractivity contribution in [3.63, 3.8) is 0 Å². The molecule has 0 saturated heterocycles. The lowest BCUT2D eigenvalue weighted by molar-refractivity contribution is 0.150. The first-order valence-corrected chi connectivity index (χ1v) is 5.60. The van der Waals surface area contributed by atoms with Gasteiger partial charge in [0.05, 0.1) is 24.1 Å². The lowest BCUT2D eigenvalue weighted by Gasteiger charge is -2.08. The summed E-state index contributed by atoms with van der Waals surface area (Å²) in [5, 5.41) is 8.51. The summed E-state index contributed by atoms with van der Waals surface area (Å²) in [7, 11) is 0. The van der Waals surface area contributed by atoms with Crippen LogP contribution in [0, 0.1) is 15.0 Å². The lowest BCUT2D eigenvalue weighted by atomic mass is 10.1. The second-order valence-electron chi connectivity index (χ2n) is 2.74. The van der Waals surface area contributed by atoms with Crippen molar-refractivity contribution in [1.82, 2.24) is 4.98 Å². The largest absolute Gasteiger partial charge is 0.265 e. The van der Waals surface area contributed by atoms with E-state index in [2.05, 4.69) is 4.98 Å². The lowest BCUT2D eigenvalue weighted by Crippen LogP contribution is -2.02. The Morgan fingerprint density at radius 3 is 2.73 bits per heavy atom. The molecule has 80 valence electrons.